The molecule has 4 nitrogen and oxygen atoms in total. The monoisotopic (exact) mass is 270 g/mol. The highest BCUT2D eigenvalue weighted by Gasteiger charge is 2.12. The number of halogens is 1. The smallest absolute Gasteiger partial charge is 0.319 e. The van der Waals surface area contributed by atoms with Crippen molar-refractivity contribution in [2.75, 3.05) is 11.9 Å². The summed E-state index contributed by atoms with van der Waals surface area (Å²) in [5.41, 5.74) is 0.626. The maximum absolute atomic E-state index is 11.7. The van der Waals surface area contributed by atoms with E-state index < -0.39 is 0 Å². The van der Waals surface area contributed by atoms with Crippen LogP contribution in [0.5, 0.6) is 0 Å². The zero-order valence-corrected chi connectivity index (χ0v) is 11.4. The summed E-state index contributed by atoms with van der Waals surface area (Å²) >= 11 is 5.82. The molecular weight excluding hydrogens is 252 g/mol. The Labute approximate surface area is 112 Å². The molecule has 0 bridgehead atoms. The first-order chi connectivity index (χ1) is 8.51. The minimum absolute atomic E-state index is 0.0683. The number of benzene rings is 1. The molecule has 0 saturated heterocycles. The van der Waals surface area contributed by atoms with E-state index in [-0.39, 0.29) is 18.7 Å². The van der Waals surface area contributed by atoms with Crippen LogP contribution in [0.1, 0.15) is 20.3 Å². The second-order valence-corrected chi connectivity index (χ2v) is 5.05. The molecule has 0 aliphatic heterocycles. The summed E-state index contributed by atoms with van der Waals surface area (Å²) in [5.74, 6) is 0.411. The van der Waals surface area contributed by atoms with Gasteiger partial charge >= 0.3 is 6.03 Å². The summed E-state index contributed by atoms with van der Waals surface area (Å²) < 4.78 is 0. The molecule has 2 amide bonds. The minimum Gasteiger partial charge on any atom is -0.394 e. The first-order valence-electron chi connectivity index (χ1n) is 5.95. The second-order valence-electron chi connectivity index (χ2n) is 4.62. The maximum atomic E-state index is 11.7. The van der Waals surface area contributed by atoms with Gasteiger partial charge in [-0.3, -0.25) is 0 Å². The van der Waals surface area contributed by atoms with Gasteiger partial charge in [0.15, 0.2) is 0 Å². The van der Waals surface area contributed by atoms with Gasteiger partial charge in [-0.05, 0) is 30.5 Å². The van der Waals surface area contributed by atoms with Crippen molar-refractivity contribution in [3.8, 4) is 0 Å². The lowest BCUT2D eigenvalue weighted by molar-refractivity contribution is 0.214. The highest BCUT2D eigenvalue weighted by atomic mass is 35.5. The summed E-state index contributed by atoms with van der Waals surface area (Å²) in [4.78, 5) is 11.7. The number of nitrogens with one attached hydrogen (secondary N) is 2. The molecule has 1 rings (SSSR count). The van der Waals surface area contributed by atoms with E-state index in [0.29, 0.717) is 16.6 Å². The third-order valence-electron chi connectivity index (χ3n) is 2.39. The van der Waals surface area contributed by atoms with Crippen LogP contribution < -0.4 is 10.6 Å². The van der Waals surface area contributed by atoms with E-state index >= 15 is 0 Å². The Bertz CT molecular complexity index is 396. The van der Waals surface area contributed by atoms with Gasteiger partial charge in [0.2, 0.25) is 0 Å². The first-order valence-corrected chi connectivity index (χ1v) is 6.33. The molecule has 0 aliphatic carbocycles. The molecule has 3 N–H and O–H groups in total. The summed E-state index contributed by atoms with van der Waals surface area (Å²) in [7, 11) is 0. The molecule has 0 aromatic heterocycles. The van der Waals surface area contributed by atoms with E-state index in [2.05, 4.69) is 10.6 Å². The highest BCUT2D eigenvalue weighted by molar-refractivity contribution is 6.30. The standard InChI is InChI=1S/C13H19ClN2O2/c1-9(2)6-12(8-17)16-13(18)15-11-5-3-4-10(14)7-11/h3-5,7,9,12,17H,6,8H2,1-2H3,(H2,15,16,18). The normalized spacial score (nSPS) is 12.3. The molecule has 0 radical (unpaired) electrons. The van der Waals surface area contributed by atoms with Crippen molar-refractivity contribution in [3.63, 3.8) is 0 Å². The molecule has 5 heteroatoms. The Hall–Kier alpha value is -1.26. The number of aliphatic hydroxyl groups excluding tert-OH is 1. The highest BCUT2D eigenvalue weighted by Crippen LogP contribution is 2.14. The molecule has 18 heavy (non-hydrogen) atoms. The number of aliphatic hydroxyl groups is 1. The largest absolute Gasteiger partial charge is 0.394 e. The lowest BCUT2D eigenvalue weighted by Crippen LogP contribution is -2.40. The Kier molecular flexibility index (Phi) is 5.95. The first kappa shape index (κ1) is 14.8. The van der Waals surface area contributed by atoms with Gasteiger partial charge in [-0.2, -0.15) is 0 Å². The quantitative estimate of drug-likeness (QED) is 0.770. The Morgan fingerprint density at radius 2 is 2.17 bits per heavy atom. The number of carbonyl (C=O) groups is 1. The number of anilines is 1. The third kappa shape index (κ3) is 5.38. The summed E-state index contributed by atoms with van der Waals surface area (Å²) in [6.45, 7) is 4.01. The molecule has 1 aromatic rings. The predicted molar refractivity (Wildman–Crippen MR) is 73.9 cm³/mol. The molecule has 100 valence electrons. The lowest BCUT2D eigenvalue weighted by atomic mass is 10.0. The van der Waals surface area contributed by atoms with Crippen molar-refractivity contribution in [1.29, 1.82) is 0 Å². The van der Waals surface area contributed by atoms with Gasteiger partial charge in [0.05, 0.1) is 12.6 Å². The van der Waals surface area contributed by atoms with Crippen molar-refractivity contribution in [1.82, 2.24) is 5.32 Å². The van der Waals surface area contributed by atoms with E-state index in [1.165, 1.54) is 0 Å². The van der Waals surface area contributed by atoms with Gasteiger partial charge in [0.1, 0.15) is 0 Å². The average Bonchev–Trinajstić information content (AvgIpc) is 2.27. The van der Waals surface area contributed by atoms with E-state index in [9.17, 15) is 9.90 Å². The maximum Gasteiger partial charge on any atom is 0.319 e. The Morgan fingerprint density at radius 3 is 2.72 bits per heavy atom. The number of amides is 2. The van der Waals surface area contributed by atoms with Gasteiger partial charge in [0, 0.05) is 10.7 Å². The molecule has 1 aromatic carbocycles. The number of rotatable bonds is 5. The van der Waals surface area contributed by atoms with Gasteiger partial charge < -0.3 is 15.7 Å². The van der Waals surface area contributed by atoms with Crippen LogP contribution in [0, 0.1) is 5.92 Å². The van der Waals surface area contributed by atoms with Crippen molar-refractivity contribution in [3.05, 3.63) is 29.3 Å². The number of urea groups is 1. The average molecular weight is 271 g/mol. The van der Waals surface area contributed by atoms with E-state index in [1.807, 2.05) is 13.8 Å². The van der Waals surface area contributed by atoms with Crippen LogP contribution in [0.3, 0.4) is 0 Å². The summed E-state index contributed by atoms with van der Waals surface area (Å²) in [5, 5.41) is 15.1. The SMILES string of the molecule is CC(C)CC(CO)NC(=O)Nc1cccc(Cl)c1. The Balaban J connectivity index is 2.50. The Morgan fingerprint density at radius 1 is 1.44 bits per heavy atom. The fourth-order valence-electron chi connectivity index (χ4n) is 1.67. The lowest BCUT2D eigenvalue weighted by Gasteiger charge is -2.18. The van der Waals surface area contributed by atoms with Gasteiger partial charge in [-0.1, -0.05) is 31.5 Å². The van der Waals surface area contributed by atoms with Gasteiger partial charge in [-0.25, -0.2) is 4.79 Å². The molecule has 0 saturated carbocycles. The molecular formula is C13H19ClN2O2. The fourth-order valence-corrected chi connectivity index (χ4v) is 1.86. The molecule has 0 heterocycles. The van der Waals surface area contributed by atoms with Crippen LogP contribution >= 0.6 is 11.6 Å². The molecule has 0 aliphatic rings. The van der Waals surface area contributed by atoms with E-state index in [1.54, 1.807) is 24.3 Å². The van der Waals surface area contributed by atoms with Crippen LogP contribution in [-0.2, 0) is 0 Å². The van der Waals surface area contributed by atoms with E-state index in [4.69, 9.17) is 11.6 Å². The van der Waals surface area contributed by atoms with Crippen LogP contribution in [0.2, 0.25) is 5.02 Å². The van der Waals surface area contributed by atoms with Crippen LogP contribution in [0.4, 0.5) is 10.5 Å². The van der Waals surface area contributed by atoms with Crippen molar-refractivity contribution in [2.24, 2.45) is 5.92 Å². The number of hydrogen-bond acceptors (Lipinski definition) is 2. The zero-order valence-electron chi connectivity index (χ0n) is 10.6. The van der Waals surface area contributed by atoms with Crippen LogP contribution in [-0.4, -0.2) is 23.8 Å². The predicted octanol–water partition coefficient (Wildman–Crippen LogP) is 2.87. The minimum atomic E-state index is -0.336. The molecule has 1 atom stereocenters. The van der Waals surface area contributed by atoms with E-state index in [0.717, 1.165) is 6.42 Å². The van der Waals surface area contributed by atoms with Crippen molar-refractivity contribution >= 4 is 23.3 Å². The molecule has 1 unspecified atom stereocenters. The fraction of sp³-hybridized carbons (Fsp3) is 0.462. The van der Waals surface area contributed by atoms with Gasteiger partial charge in [-0.15, -0.1) is 0 Å². The summed E-state index contributed by atoms with van der Waals surface area (Å²) in [6, 6.07) is 6.34. The zero-order chi connectivity index (χ0) is 13.5. The van der Waals surface area contributed by atoms with Crippen molar-refractivity contribution < 1.29 is 9.90 Å². The topological polar surface area (TPSA) is 61.4 Å². The second kappa shape index (κ2) is 7.24. The number of carbonyl (C=O) groups excluding carboxylic acids is 1. The van der Waals surface area contributed by atoms with Gasteiger partial charge in [0.25, 0.3) is 0 Å². The van der Waals surface area contributed by atoms with Crippen LogP contribution in [0.25, 0.3) is 0 Å². The third-order valence-corrected chi connectivity index (χ3v) is 2.63. The number of hydrogen-bond donors (Lipinski definition) is 3. The molecule has 0 fully saturated rings. The summed E-state index contributed by atoms with van der Waals surface area (Å²) in [6.07, 6.45) is 0.736. The van der Waals surface area contributed by atoms with Crippen molar-refractivity contribution in [2.45, 2.75) is 26.3 Å². The molecule has 0 spiro atoms. The van der Waals surface area contributed by atoms with Crippen LogP contribution in [0.15, 0.2) is 24.3 Å².